The summed E-state index contributed by atoms with van der Waals surface area (Å²) in [5.41, 5.74) is -0.0552. The smallest absolute Gasteiger partial charge is 0.232 e. The average Bonchev–Trinajstić information content (AvgIpc) is 2.66. The van der Waals surface area contributed by atoms with Gasteiger partial charge in [-0.3, -0.25) is 4.90 Å². The summed E-state index contributed by atoms with van der Waals surface area (Å²) in [7, 11) is 1.77. The molecular weight excluding hydrogens is 328 g/mol. The van der Waals surface area contributed by atoms with Crippen LogP contribution >= 0.6 is 0 Å². The van der Waals surface area contributed by atoms with Crippen LogP contribution < -0.4 is 0 Å². The van der Waals surface area contributed by atoms with Crippen LogP contribution in [0.2, 0.25) is 0 Å². The lowest BCUT2D eigenvalue weighted by Crippen LogP contribution is -2.45. The number of unbranched alkanes of at least 4 members (excludes halogenated alkanes) is 2. The van der Waals surface area contributed by atoms with E-state index in [1.165, 1.54) is 19.3 Å². The van der Waals surface area contributed by atoms with E-state index >= 15 is 0 Å². The first-order chi connectivity index (χ1) is 12.7. The number of methoxy groups -OCH3 is 1. The van der Waals surface area contributed by atoms with Gasteiger partial charge in [0.25, 0.3) is 0 Å². The first-order valence-electron chi connectivity index (χ1n) is 10.7. The highest BCUT2D eigenvalue weighted by molar-refractivity contribution is 5.82. The van der Waals surface area contributed by atoms with Crippen molar-refractivity contribution in [2.75, 3.05) is 40.0 Å². The Morgan fingerprint density at radius 2 is 1.88 bits per heavy atom. The van der Waals surface area contributed by atoms with Crippen molar-refractivity contribution in [1.82, 2.24) is 4.90 Å². The van der Waals surface area contributed by atoms with Crippen molar-refractivity contribution < 1.29 is 14.3 Å². The summed E-state index contributed by atoms with van der Waals surface area (Å²) in [6, 6.07) is 0. The largest absolute Gasteiger partial charge is 0.470 e. The van der Waals surface area contributed by atoms with Gasteiger partial charge in [-0.1, -0.05) is 58.5 Å². The number of rotatable bonds is 15. The Balaban J connectivity index is 2.86. The quantitative estimate of drug-likeness (QED) is 0.387. The Bertz CT molecular complexity index is 389. The van der Waals surface area contributed by atoms with Gasteiger partial charge in [0.2, 0.25) is 5.90 Å². The predicted octanol–water partition coefficient (Wildman–Crippen LogP) is 4.85. The molecule has 1 aliphatic heterocycles. The van der Waals surface area contributed by atoms with Crippen LogP contribution in [0.1, 0.15) is 79.1 Å². The Kier molecular flexibility index (Phi) is 11.9. The van der Waals surface area contributed by atoms with Crippen molar-refractivity contribution in [3.8, 4) is 0 Å². The van der Waals surface area contributed by atoms with Crippen molar-refractivity contribution in [3.63, 3.8) is 0 Å². The number of oxime groups is 1. The molecule has 2 atom stereocenters. The molecule has 0 aliphatic carbocycles. The minimum Gasteiger partial charge on any atom is -0.470 e. The zero-order valence-corrected chi connectivity index (χ0v) is 17.9. The summed E-state index contributed by atoms with van der Waals surface area (Å²) >= 11 is 0. The van der Waals surface area contributed by atoms with E-state index in [0.29, 0.717) is 6.61 Å². The average molecular weight is 371 g/mol. The maximum absolute atomic E-state index is 6.44. The zero-order valence-electron chi connectivity index (χ0n) is 17.9. The van der Waals surface area contributed by atoms with Gasteiger partial charge in [-0.05, 0) is 38.8 Å². The topological polar surface area (TPSA) is 43.3 Å². The Hall–Kier alpha value is -0.810. The van der Waals surface area contributed by atoms with E-state index in [1.807, 2.05) is 0 Å². The van der Waals surface area contributed by atoms with E-state index in [-0.39, 0.29) is 11.5 Å². The van der Waals surface area contributed by atoms with Gasteiger partial charge < -0.3 is 14.3 Å². The summed E-state index contributed by atoms with van der Waals surface area (Å²) in [6.07, 6.45) is 9.12. The molecule has 0 spiro atoms. The molecule has 5 heteroatoms. The van der Waals surface area contributed by atoms with Crippen LogP contribution in [0, 0.1) is 5.41 Å². The van der Waals surface area contributed by atoms with E-state index in [4.69, 9.17) is 14.3 Å². The van der Waals surface area contributed by atoms with Crippen molar-refractivity contribution in [2.24, 2.45) is 10.6 Å². The van der Waals surface area contributed by atoms with Gasteiger partial charge in [-0.25, -0.2) is 0 Å². The van der Waals surface area contributed by atoms with Gasteiger partial charge in [0.1, 0.15) is 6.10 Å². The second-order valence-corrected chi connectivity index (χ2v) is 7.56. The number of likely N-dealkylation sites (N-methyl/N-ethyl adjacent to an activating group) is 1. The molecule has 1 rings (SSSR count). The van der Waals surface area contributed by atoms with Crippen LogP contribution in [-0.2, 0) is 14.3 Å². The molecule has 0 radical (unpaired) electrons. The number of hydrogen-bond donors (Lipinski definition) is 0. The highest BCUT2D eigenvalue weighted by Crippen LogP contribution is 2.38. The molecule has 0 saturated heterocycles. The fraction of sp³-hybridized carbons (Fsp3) is 0.952. The first-order valence-corrected chi connectivity index (χ1v) is 10.7. The highest BCUT2D eigenvalue weighted by atomic mass is 16.7. The fourth-order valence-electron chi connectivity index (χ4n) is 3.87. The number of hydrogen-bond acceptors (Lipinski definition) is 5. The van der Waals surface area contributed by atoms with Crippen molar-refractivity contribution in [2.45, 2.75) is 85.2 Å². The lowest BCUT2D eigenvalue weighted by Gasteiger charge is -2.38. The standard InChI is InChI=1S/C21H42N2O3/c1-6-10-11-13-21(12-7-2,14-16-24-5)20-22-25-18-19(26-20)17-23(9-4)15-8-3/h19H,6-18H2,1-5H3. The molecular formula is C21H42N2O3. The van der Waals surface area contributed by atoms with Gasteiger partial charge in [-0.15, -0.1) is 0 Å². The third-order valence-electron chi connectivity index (χ3n) is 5.36. The van der Waals surface area contributed by atoms with Gasteiger partial charge in [0, 0.05) is 20.3 Å². The van der Waals surface area contributed by atoms with Gasteiger partial charge in [0.15, 0.2) is 6.61 Å². The molecule has 0 aromatic carbocycles. The minimum atomic E-state index is -0.0552. The molecule has 2 unspecified atom stereocenters. The summed E-state index contributed by atoms with van der Waals surface area (Å²) in [5, 5.41) is 4.40. The van der Waals surface area contributed by atoms with E-state index in [2.05, 4.69) is 37.8 Å². The van der Waals surface area contributed by atoms with Gasteiger partial charge in [0.05, 0.1) is 5.41 Å². The molecule has 0 aromatic heterocycles. The van der Waals surface area contributed by atoms with E-state index in [1.54, 1.807) is 7.11 Å². The van der Waals surface area contributed by atoms with Crippen LogP contribution in [-0.4, -0.2) is 56.9 Å². The molecule has 26 heavy (non-hydrogen) atoms. The maximum atomic E-state index is 6.44. The van der Waals surface area contributed by atoms with Gasteiger partial charge in [-0.2, -0.15) is 0 Å². The van der Waals surface area contributed by atoms with Crippen LogP contribution in [0.3, 0.4) is 0 Å². The second kappa shape index (κ2) is 13.4. The molecule has 5 nitrogen and oxygen atoms in total. The van der Waals surface area contributed by atoms with Crippen LogP contribution in [0.4, 0.5) is 0 Å². The molecule has 0 aromatic rings. The van der Waals surface area contributed by atoms with E-state index < -0.39 is 0 Å². The lowest BCUT2D eigenvalue weighted by molar-refractivity contribution is -0.0235. The lowest BCUT2D eigenvalue weighted by atomic mass is 9.75. The predicted molar refractivity (Wildman–Crippen MR) is 109 cm³/mol. The van der Waals surface area contributed by atoms with E-state index in [9.17, 15) is 0 Å². The fourth-order valence-corrected chi connectivity index (χ4v) is 3.87. The molecule has 0 saturated carbocycles. The monoisotopic (exact) mass is 370 g/mol. The second-order valence-electron chi connectivity index (χ2n) is 7.56. The highest BCUT2D eigenvalue weighted by Gasteiger charge is 2.40. The summed E-state index contributed by atoms with van der Waals surface area (Å²) < 4.78 is 11.9. The molecule has 0 bridgehead atoms. The van der Waals surface area contributed by atoms with Crippen LogP contribution in [0.5, 0.6) is 0 Å². The third kappa shape index (κ3) is 7.43. The normalized spacial score (nSPS) is 19.6. The summed E-state index contributed by atoms with van der Waals surface area (Å²) in [4.78, 5) is 8.09. The number of ether oxygens (including phenoxy) is 2. The van der Waals surface area contributed by atoms with Crippen molar-refractivity contribution in [3.05, 3.63) is 0 Å². The molecule has 0 fully saturated rings. The molecule has 1 aliphatic rings. The molecule has 1 heterocycles. The summed E-state index contributed by atoms with van der Waals surface area (Å²) in [6.45, 7) is 13.2. The number of nitrogens with zero attached hydrogens (tertiary/aromatic N) is 2. The Morgan fingerprint density at radius 3 is 2.50 bits per heavy atom. The Morgan fingerprint density at radius 1 is 1.08 bits per heavy atom. The maximum Gasteiger partial charge on any atom is 0.232 e. The Labute approximate surface area is 161 Å². The van der Waals surface area contributed by atoms with E-state index in [0.717, 1.165) is 64.2 Å². The molecule has 0 amide bonds. The third-order valence-corrected chi connectivity index (χ3v) is 5.36. The van der Waals surface area contributed by atoms with Crippen LogP contribution in [0.15, 0.2) is 5.16 Å². The van der Waals surface area contributed by atoms with Crippen molar-refractivity contribution in [1.29, 1.82) is 0 Å². The van der Waals surface area contributed by atoms with Crippen molar-refractivity contribution >= 4 is 5.90 Å². The van der Waals surface area contributed by atoms with Crippen LogP contribution in [0.25, 0.3) is 0 Å². The first kappa shape index (κ1) is 23.2. The zero-order chi connectivity index (χ0) is 19.3. The molecule has 154 valence electrons. The van der Waals surface area contributed by atoms with Gasteiger partial charge >= 0.3 is 0 Å². The molecule has 0 N–H and O–H groups in total. The minimum absolute atomic E-state index is 0.0552. The summed E-state index contributed by atoms with van der Waals surface area (Å²) in [5.74, 6) is 0.816. The SMILES string of the molecule is CCCCCC(CCC)(CCOC)C1=NOCC(CN(CC)CCC)O1.